The minimum absolute atomic E-state index is 0.0165. The Morgan fingerprint density at radius 2 is 1.38 bits per heavy atom. The topological polar surface area (TPSA) is 44.8 Å². The Kier molecular flexibility index (Phi) is 12.2. The molecule has 0 saturated carbocycles. The molecule has 1 N–H and O–H groups in total. The monoisotopic (exact) mass is 563 g/mol. The minimum atomic E-state index is -0.316. The van der Waals surface area contributed by atoms with Crippen molar-refractivity contribution in [3.05, 3.63) is 108 Å². The second-order valence-electron chi connectivity index (χ2n) is 9.78. The van der Waals surface area contributed by atoms with Crippen LogP contribution < -0.4 is 5.32 Å². The van der Waals surface area contributed by atoms with Crippen LogP contribution in [0.1, 0.15) is 23.1 Å². The first-order valence-electron chi connectivity index (χ1n) is 13.9. The summed E-state index contributed by atoms with van der Waals surface area (Å²) >= 11 is 6.10. The van der Waals surface area contributed by atoms with Crippen molar-refractivity contribution in [1.29, 1.82) is 0 Å². The summed E-state index contributed by atoms with van der Waals surface area (Å²) in [5.74, 6) is 1.16. The second-order valence-corrected chi connectivity index (χ2v) is 11.4. The van der Waals surface area contributed by atoms with E-state index in [1.165, 1.54) is 16.7 Å². The van der Waals surface area contributed by atoms with E-state index in [2.05, 4.69) is 119 Å². The Morgan fingerprint density at radius 3 is 1.90 bits per heavy atom. The van der Waals surface area contributed by atoms with Crippen LogP contribution in [0.25, 0.3) is 0 Å². The number of amides is 1. The van der Waals surface area contributed by atoms with Crippen LogP contribution in [0.5, 0.6) is 0 Å². The summed E-state index contributed by atoms with van der Waals surface area (Å²) in [4.78, 5) is 16.8. The number of rotatable bonds is 15. The highest BCUT2D eigenvalue weighted by atomic mass is 32.2. The molecule has 0 aromatic heterocycles. The van der Waals surface area contributed by atoms with Crippen molar-refractivity contribution in [3.8, 4) is 0 Å². The molecule has 0 atom stereocenters. The van der Waals surface area contributed by atoms with Crippen LogP contribution >= 0.6 is 24.4 Å². The van der Waals surface area contributed by atoms with Crippen molar-refractivity contribution < 1.29 is 9.53 Å². The molecule has 3 aromatic carbocycles. The molecule has 1 heterocycles. The van der Waals surface area contributed by atoms with Gasteiger partial charge in [0.15, 0.2) is 0 Å². The van der Waals surface area contributed by atoms with Crippen molar-refractivity contribution in [2.45, 2.75) is 11.2 Å². The number of nitrogens with one attached hydrogen (secondary N) is 1. The lowest BCUT2D eigenvalue weighted by molar-refractivity contribution is -0.118. The molecular formula is C32H41N3O2S2. The molecule has 1 aliphatic rings. The lowest BCUT2D eigenvalue weighted by atomic mass is 9.84. The van der Waals surface area contributed by atoms with E-state index in [4.69, 9.17) is 4.74 Å². The molecule has 0 spiro atoms. The summed E-state index contributed by atoms with van der Waals surface area (Å²) in [5, 5.41) is 3.00. The molecule has 0 radical (unpaired) electrons. The summed E-state index contributed by atoms with van der Waals surface area (Å²) in [5.41, 5.74) is 3.85. The molecule has 1 saturated heterocycles. The normalized spacial score (nSPS) is 14.4. The lowest BCUT2D eigenvalue weighted by Gasteiger charge is -2.36. The highest BCUT2D eigenvalue weighted by Gasteiger charge is 2.36. The van der Waals surface area contributed by atoms with E-state index >= 15 is 0 Å². The molecule has 1 fully saturated rings. The number of morpholine rings is 1. The number of hydrogen-bond acceptors (Lipinski definition) is 6. The van der Waals surface area contributed by atoms with Crippen molar-refractivity contribution in [3.63, 3.8) is 0 Å². The number of benzene rings is 3. The highest BCUT2D eigenvalue weighted by Crippen LogP contribution is 2.48. The zero-order valence-corrected chi connectivity index (χ0v) is 24.4. The van der Waals surface area contributed by atoms with E-state index in [0.29, 0.717) is 6.54 Å². The summed E-state index contributed by atoms with van der Waals surface area (Å²) < 4.78 is 5.19. The Hall–Kier alpha value is -2.29. The SMILES string of the molecule is O=C(CS)NCCN(CCCN1CCOCC1)CCSC(c1ccccc1)(c1ccccc1)c1ccccc1. The maximum atomic E-state index is 11.8. The van der Waals surface area contributed by atoms with Crippen LogP contribution in [0.3, 0.4) is 0 Å². The van der Waals surface area contributed by atoms with Gasteiger partial charge in [-0.2, -0.15) is 12.6 Å². The fraction of sp³-hybridized carbons (Fsp3) is 0.406. The Morgan fingerprint density at radius 1 is 0.846 bits per heavy atom. The molecule has 3 aromatic rings. The number of hydrogen-bond donors (Lipinski definition) is 2. The summed E-state index contributed by atoms with van der Waals surface area (Å²) in [7, 11) is 0. The molecule has 208 valence electrons. The van der Waals surface area contributed by atoms with Gasteiger partial charge in [0.1, 0.15) is 0 Å². The first kappa shape index (κ1) is 29.7. The van der Waals surface area contributed by atoms with Gasteiger partial charge in [0.2, 0.25) is 5.91 Å². The second kappa shape index (κ2) is 16.1. The number of nitrogens with zero attached hydrogens (tertiary/aromatic N) is 2. The third-order valence-electron chi connectivity index (χ3n) is 7.21. The average molecular weight is 564 g/mol. The summed E-state index contributed by atoms with van der Waals surface area (Å²) in [6, 6.07) is 32.6. The van der Waals surface area contributed by atoms with Crippen LogP contribution in [0.15, 0.2) is 91.0 Å². The van der Waals surface area contributed by atoms with Crippen LogP contribution in [0.2, 0.25) is 0 Å². The minimum Gasteiger partial charge on any atom is -0.379 e. The maximum absolute atomic E-state index is 11.8. The molecule has 39 heavy (non-hydrogen) atoms. The van der Waals surface area contributed by atoms with E-state index in [9.17, 15) is 4.79 Å². The standard InChI is InChI=1S/C32H41N3O2S2/c36-31(27-38)33-17-20-34(18-10-19-35-21-24-37-25-22-35)23-26-39-32(28-11-4-1-5-12-28,29-13-6-2-7-14-29)30-15-8-3-9-16-30/h1-9,11-16,38H,10,17-27H2,(H,33,36). The summed E-state index contributed by atoms with van der Waals surface area (Å²) in [6.07, 6.45) is 1.10. The molecule has 7 heteroatoms. The van der Waals surface area contributed by atoms with Crippen LogP contribution in [0, 0.1) is 0 Å². The molecular weight excluding hydrogens is 523 g/mol. The van der Waals surface area contributed by atoms with Crippen LogP contribution in [-0.4, -0.2) is 86.2 Å². The van der Waals surface area contributed by atoms with Crippen molar-refractivity contribution in [2.24, 2.45) is 0 Å². The van der Waals surface area contributed by atoms with Gasteiger partial charge in [-0.15, -0.1) is 11.8 Å². The van der Waals surface area contributed by atoms with Crippen molar-refractivity contribution in [2.75, 3.05) is 70.5 Å². The largest absolute Gasteiger partial charge is 0.379 e. The lowest BCUT2D eigenvalue weighted by Crippen LogP contribution is -2.40. The zero-order valence-electron chi connectivity index (χ0n) is 22.7. The molecule has 0 aliphatic carbocycles. The van der Waals surface area contributed by atoms with Gasteiger partial charge in [-0.3, -0.25) is 9.69 Å². The third-order valence-corrected chi connectivity index (χ3v) is 9.03. The van der Waals surface area contributed by atoms with Gasteiger partial charge in [0.25, 0.3) is 0 Å². The van der Waals surface area contributed by atoms with E-state index < -0.39 is 0 Å². The number of carbonyl (C=O) groups excluding carboxylic acids is 1. The third kappa shape index (κ3) is 8.60. The van der Waals surface area contributed by atoms with Gasteiger partial charge in [-0.05, 0) is 36.2 Å². The summed E-state index contributed by atoms with van der Waals surface area (Å²) in [6.45, 7) is 8.19. The van der Waals surface area contributed by atoms with Crippen molar-refractivity contribution in [1.82, 2.24) is 15.1 Å². The first-order valence-corrected chi connectivity index (χ1v) is 15.5. The Bertz CT molecular complexity index is 1000. The number of thioether (sulfide) groups is 1. The van der Waals surface area contributed by atoms with Crippen molar-refractivity contribution >= 4 is 30.3 Å². The van der Waals surface area contributed by atoms with E-state index in [1.807, 2.05) is 11.8 Å². The zero-order chi connectivity index (χ0) is 27.2. The van der Waals surface area contributed by atoms with E-state index in [1.54, 1.807) is 0 Å². The van der Waals surface area contributed by atoms with E-state index in [0.717, 1.165) is 64.7 Å². The quantitative estimate of drug-likeness (QED) is 0.206. The van der Waals surface area contributed by atoms with Crippen LogP contribution in [0.4, 0.5) is 0 Å². The molecule has 0 unspecified atom stereocenters. The molecule has 1 aliphatic heterocycles. The van der Waals surface area contributed by atoms with E-state index in [-0.39, 0.29) is 16.4 Å². The fourth-order valence-corrected chi connectivity index (χ4v) is 6.86. The number of ether oxygens (including phenoxy) is 1. The van der Waals surface area contributed by atoms with Gasteiger partial charge < -0.3 is 15.0 Å². The molecule has 1 amide bonds. The molecule has 0 bridgehead atoms. The number of thiol groups is 1. The van der Waals surface area contributed by atoms with Crippen LogP contribution in [-0.2, 0) is 14.3 Å². The highest BCUT2D eigenvalue weighted by molar-refractivity contribution is 8.00. The molecule has 4 rings (SSSR count). The van der Waals surface area contributed by atoms with Gasteiger partial charge >= 0.3 is 0 Å². The first-order chi connectivity index (χ1) is 19.2. The fourth-order valence-electron chi connectivity index (χ4n) is 5.18. The average Bonchev–Trinajstić information content (AvgIpc) is 3.01. The van der Waals surface area contributed by atoms with Gasteiger partial charge in [0, 0.05) is 38.5 Å². The number of carbonyl (C=O) groups is 1. The smallest absolute Gasteiger partial charge is 0.229 e. The van der Waals surface area contributed by atoms with Gasteiger partial charge in [-0.25, -0.2) is 0 Å². The Balaban J connectivity index is 1.50. The van der Waals surface area contributed by atoms with Gasteiger partial charge in [-0.1, -0.05) is 91.0 Å². The maximum Gasteiger partial charge on any atom is 0.229 e. The van der Waals surface area contributed by atoms with Gasteiger partial charge in [0.05, 0.1) is 23.7 Å². The Labute approximate surface area is 243 Å². The molecule has 5 nitrogen and oxygen atoms in total. The predicted octanol–water partition coefficient (Wildman–Crippen LogP) is 4.78. The predicted molar refractivity (Wildman–Crippen MR) is 167 cm³/mol.